The van der Waals surface area contributed by atoms with E-state index in [2.05, 4.69) is 19.8 Å². The van der Waals surface area contributed by atoms with E-state index in [1.54, 1.807) is 17.7 Å². The predicted molar refractivity (Wildman–Crippen MR) is 143 cm³/mol. The van der Waals surface area contributed by atoms with E-state index >= 15 is 0 Å². The first-order valence-electron chi connectivity index (χ1n) is 11.6. The minimum atomic E-state index is -1.52. The molecule has 3 amide bonds. The van der Waals surface area contributed by atoms with E-state index in [1.807, 2.05) is 16.0 Å². The summed E-state index contributed by atoms with van der Waals surface area (Å²) in [7, 11) is 0. The van der Waals surface area contributed by atoms with Crippen LogP contribution in [-0.4, -0.2) is 71.8 Å². The molecule has 18 heteroatoms. The highest BCUT2D eigenvalue weighted by Crippen LogP contribution is 2.40. The molecule has 5 N–H and O–H groups in total. The number of imidazole rings is 1. The Morgan fingerprint density at radius 2 is 2.20 bits per heavy atom. The lowest BCUT2D eigenvalue weighted by Gasteiger charge is -2.50. The van der Waals surface area contributed by atoms with Crippen LogP contribution in [0.2, 0.25) is 0 Å². The lowest BCUT2D eigenvalue weighted by Crippen LogP contribution is -2.71. The number of primary amides is 1. The Bertz CT molecular complexity index is 1620. The number of nitrogens with one attached hydrogen (secondary N) is 1. The molecule has 0 spiro atoms. The van der Waals surface area contributed by atoms with Crippen molar-refractivity contribution in [3.63, 3.8) is 0 Å². The van der Waals surface area contributed by atoms with E-state index in [1.165, 1.54) is 35.3 Å². The molecule has 1 saturated heterocycles. The van der Waals surface area contributed by atoms with Crippen molar-refractivity contribution in [1.29, 1.82) is 0 Å². The molecule has 0 aromatic carbocycles. The van der Waals surface area contributed by atoms with Gasteiger partial charge < -0.3 is 31.5 Å². The molecule has 3 aromatic heterocycles. The summed E-state index contributed by atoms with van der Waals surface area (Å²) in [6.45, 7) is 1.95. The maximum Gasteiger partial charge on any atom is 0.287 e. The number of hydrogen-bond donors (Lipinski definition) is 3. The van der Waals surface area contributed by atoms with Crippen molar-refractivity contribution in [1.82, 2.24) is 24.0 Å². The molecule has 208 valence electrons. The first-order chi connectivity index (χ1) is 19.2. The Morgan fingerprint density at radius 3 is 2.88 bits per heavy atom. The normalized spacial score (nSPS) is 19.2. The highest BCUT2D eigenvalue weighted by molar-refractivity contribution is 8.00. The van der Waals surface area contributed by atoms with E-state index in [0.29, 0.717) is 11.4 Å². The molecule has 0 saturated carbocycles. The molecule has 0 bridgehead atoms. The summed E-state index contributed by atoms with van der Waals surface area (Å²) in [5.41, 5.74) is 10.8. The van der Waals surface area contributed by atoms with Crippen molar-refractivity contribution in [3.8, 4) is 0 Å². The van der Waals surface area contributed by atoms with Crippen LogP contribution < -0.4 is 26.5 Å². The van der Waals surface area contributed by atoms with Gasteiger partial charge >= 0.3 is 0 Å². The number of rotatable bonds is 10. The summed E-state index contributed by atoms with van der Waals surface area (Å²) in [4.78, 5) is 60.7. The maximum absolute atomic E-state index is 13.1. The number of nitrogens with two attached hydrogens (primary N) is 2. The number of amides is 3. The van der Waals surface area contributed by atoms with Crippen molar-refractivity contribution in [2.45, 2.75) is 24.9 Å². The van der Waals surface area contributed by atoms with E-state index in [4.69, 9.17) is 16.3 Å². The van der Waals surface area contributed by atoms with Crippen LogP contribution in [0, 0.1) is 0 Å². The number of carbonyl (C=O) groups is 4. The molecule has 2 aliphatic rings. The Hall–Kier alpha value is -4.29. The van der Waals surface area contributed by atoms with Gasteiger partial charge in [-0.2, -0.15) is 13.8 Å². The number of aliphatic carboxylic acids is 1. The summed E-state index contributed by atoms with van der Waals surface area (Å²) < 4.78 is 7.56. The molecule has 0 radical (unpaired) electrons. The van der Waals surface area contributed by atoms with E-state index in [9.17, 15) is 24.3 Å². The van der Waals surface area contributed by atoms with Gasteiger partial charge in [-0.25, -0.2) is 4.57 Å². The summed E-state index contributed by atoms with van der Waals surface area (Å²) in [5, 5.41) is 19.9. The first-order valence-corrected chi connectivity index (χ1v) is 14.3. The molecule has 5 heterocycles. The van der Waals surface area contributed by atoms with Crippen molar-refractivity contribution in [3.05, 3.63) is 46.8 Å². The van der Waals surface area contributed by atoms with Crippen LogP contribution in [0.5, 0.6) is 0 Å². The number of carbonyl (C=O) groups excluding carboxylic acids is 4. The molecular weight excluding hydrogens is 583 g/mol. The average Bonchev–Trinajstić information content (AvgIpc) is 3.62. The highest BCUT2D eigenvalue weighted by atomic mass is 32.2. The fourth-order valence-electron chi connectivity index (χ4n) is 4.22. The van der Waals surface area contributed by atoms with E-state index in [-0.39, 0.29) is 41.3 Å². The summed E-state index contributed by atoms with van der Waals surface area (Å²) in [5.74, 6) is -2.78. The fraction of sp³-hybridized carbons (Fsp3) is 0.273. The standard InChI is InChI=1S/C22H21N9O6S3/c1-2-37-27-14(17-26-22(24)40-28-17)18(33)25-15-19(34)31-16(21(35)36)10(9-39-20(15)31)7-29-8-13-30(5-6-38-13)12(29)4-3-11(23)32/h3-6,8,15,20H,2,7,9H2,1H3,(H5-,23,24,25,26,28,32,33,35,36)/b4-3?,27-14-/t15-,20-/m1/s1. The van der Waals surface area contributed by atoms with Gasteiger partial charge in [-0.3, -0.25) is 19.3 Å². The first kappa shape index (κ1) is 27.3. The Labute approximate surface area is 237 Å². The topological polar surface area (TPSA) is 214 Å². The second-order valence-electron chi connectivity index (χ2n) is 8.38. The number of carboxylic acids is 1. The number of β-lactam (4-membered cyclic amide) rings is 1. The van der Waals surface area contributed by atoms with E-state index < -0.39 is 35.1 Å². The average molecular weight is 604 g/mol. The van der Waals surface area contributed by atoms with Crippen LogP contribution in [0.1, 0.15) is 18.6 Å². The smallest absolute Gasteiger partial charge is 0.287 e. The molecule has 2 atom stereocenters. The largest absolute Gasteiger partial charge is 0.543 e. The van der Waals surface area contributed by atoms with Gasteiger partial charge in [-0.1, -0.05) is 16.5 Å². The van der Waals surface area contributed by atoms with Crippen LogP contribution in [0.4, 0.5) is 5.13 Å². The Morgan fingerprint density at radius 1 is 1.40 bits per heavy atom. The van der Waals surface area contributed by atoms with Gasteiger partial charge in [0, 0.05) is 40.4 Å². The zero-order chi connectivity index (χ0) is 28.6. The van der Waals surface area contributed by atoms with Crippen LogP contribution in [0.3, 0.4) is 0 Å². The molecule has 0 unspecified atom stereocenters. The van der Waals surface area contributed by atoms with Gasteiger partial charge in [0.25, 0.3) is 17.6 Å². The van der Waals surface area contributed by atoms with Crippen molar-refractivity contribution >= 4 is 80.1 Å². The van der Waals surface area contributed by atoms with Gasteiger partial charge in [0.15, 0.2) is 5.13 Å². The molecule has 0 aliphatic carbocycles. The molecule has 40 heavy (non-hydrogen) atoms. The third-order valence-electron chi connectivity index (χ3n) is 5.88. The SMILES string of the molecule is CCO/N=C(\C(=O)N[C@@H]1C(=O)N2C(C(=O)[O-])=C(C[n+]3cc4sccn4c3C=CC(N)=O)CS[C@H]12)c1nsc(N)n1. The number of aromatic nitrogens is 4. The van der Waals surface area contributed by atoms with Crippen molar-refractivity contribution in [2.75, 3.05) is 18.1 Å². The lowest BCUT2D eigenvalue weighted by atomic mass is 10.0. The zero-order valence-corrected chi connectivity index (χ0v) is 23.1. The van der Waals surface area contributed by atoms with Crippen LogP contribution in [-0.2, 0) is 30.6 Å². The Kier molecular flexibility index (Phi) is 7.55. The lowest BCUT2D eigenvalue weighted by molar-refractivity contribution is -0.689. The third kappa shape index (κ3) is 5.03. The van der Waals surface area contributed by atoms with Gasteiger partial charge in [-0.15, -0.1) is 11.8 Å². The minimum Gasteiger partial charge on any atom is -0.543 e. The molecule has 3 aromatic rings. The quantitative estimate of drug-likeness (QED) is 0.0767. The predicted octanol–water partition coefficient (Wildman–Crippen LogP) is -1.93. The minimum absolute atomic E-state index is 0.0586. The number of oxime groups is 1. The number of thiazole rings is 1. The fourth-order valence-corrected chi connectivity index (χ4v) is 6.77. The van der Waals surface area contributed by atoms with Gasteiger partial charge in [0.1, 0.15) is 37.0 Å². The number of thioether (sulfide) groups is 1. The number of nitrogens with zero attached hydrogens (tertiary/aromatic N) is 6. The number of anilines is 1. The maximum atomic E-state index is 13.1. The Balaban J connectivity index is 1.39. The monoisotopic (exact) mass is 603 g/mol. The highest BCUT2D eigenvalue weighted by Gasteiger charge is 2.53. The number of nitrogen functional groups attached to an aromatic ring is 1. The van der Waals surface area contributed by atoms with E-state index in [0.717, 1.165) is 21.3 Å². The second-order valence-corrected chi connectivity index (χ2v) is 11.2. The molecule has 15 nitrogen and oxygen atoms in total. The van der Waals surface area contributed by atoms with Crippen molar-refractivity contribution < 1.29 is 33.7 Å². The molecule has 2 aliphatic heterocycles. The number of hydrogen-bond acceptors (Lipinski definition) is 13. The summed E-state index contributed by atoms with van der Waals surface area (Å²) in [6.07, 6.45) is 6.36. The number of carboxylic acid groups (broad SMARTS) is 1. The van der Waals surface area contributed by atoms with Gasteiger partial charge in [0.2, 0.25) is 22.3 Å². The molecule has 5 rings (SSSR count). The van der Waals surface area contributed by atoms with Crippen molar-refractivity contribution in [2.24, 2.45) is 10.9 Å². The van der Waals surface area contributed by atoms with Crippen LogP contribution in [0.15, 0.2) is 40.3 Å². The second kappa shape index (κ2) is 11.1. The van der Waals surface area contributed by atoms with Crippen LogP contribution in [0.25, 0.3) is 10.9 Å². The van der Waals surface area contributed by atoms with Crippen LogP contribution >= 0.6 is 34.6 Å². The third-order valence-corrected chi connectivity index (χ3v) is 8.57. The van der Waals surface area contributed by atoms with Gasteiger partial charge in [-0.05, 0) is 6.92 Å². The number of fused-ring (bicyclic) bond motifs is 2. The molecule has 1 fully saturated rings. The molecular formula is C22H21N9O6S3. The zero-order valence-electron chi connectivity index (χ0n) is 20.7. The summed E-state index contributed by atoms with van der Waals surface area (Å²) >= 11 is 3.61. The summed E-state index contributed by atoms with van der Waals surface area (Å²) in [6, 6.07) is -1.03. The van der Waals surface area contributed by atoms with Gasteiger partial charge in [0.05, 0.1) is 11.7 Å².